The lowest BCUT2D eigenvalue weighted by Crippen LogP contribution is -2.33. The summed E-state index contributed by atoms with van der Waals surface area (Å²) >= 11 is 1.02. The lowest BCUT2D eigenvalue weighted by molar-refractivity contribution is 0.257. The molecule has 0 spiro atoms. The largest absolute Gasteiger partial charge is 0.375 e. The fourth-order valence-corrected chi connectivity index (χ4v) is 5.07. The van der Waals surface area contributed by atoms with Crippen molar-refractivity contribution < 1.29 is 8.42 Å². The van der Waals surface area contributed by atoms with Gasteiger partial charge in [0.15, 0.2) is 9.34 Å². The fourth-order valence-electron chi connectivity index (χ4n) is 2.63. The van der Waals surface area contributed by atoms with Crippen LogP contribution >= 0.6 is 11.3 Å². The highest BCUT2D eigenvalue weighted by Crippen LogP contribution is 2.30. The number of aromatic nitrogens is 1. The molecule has 2 rings (SSSR count). The van der Waals surface area contributed by atoms with Crippen LogP contribution < -0.4 is 10.5 Å². The van der Waals surface area contributed by atoms with Crippen molar-refractivity contribution in [1.29, 1.82) is 0 Å². The van der Waals surface area contributed by atoms with Gasteiger partial charge in [0.2, 0.25) is 0 Å². The zero-order chi connectivity index (χ0) is 14.0. The summed E-state index contributed by atoms with van der Waals surface area (Å²) in [5, 5.41) is 0.295. The molecule has 1 saturated carbocycles. The number of anilines is 1. The second-order valence-corrected chi connectivity index (χ2v) is 8.29. The summed E-state index contributed by atoms with van der Waals surface area (Å²) < 4.78 is 27.4. The molecule has 1 aromatic heterocycles. The Labute approximate surface area is 118 Å². The summed E-state index contributed by atoms with van der Waals surface area (Å²) in [6.07, 6.45) is 4.75. The minimum atomic E-state index is -3.47. The van der Waals surface area contributed by atoms with Gasteiger partial charge in [0, 0.05) is 6.54 Å². The zero-order valence-corrected chi connectivity index (χ0v) is 13.0. The van der Waals surface area contributed by atoms with E-state index in [1.54, 1.807) is 6.92 Å². The maximum atomic E-state index is 12.2. The van der Waals surface area contributed by atoms with Gasteiger partial charge in [0.1, 0.15) is 0 Å². The van der Waals surface area contributed by atoms with Crippen molar-refractivity contribution in [3.05, 3.63) is 5.69 Å². The molecule has 19 heavy (non-hydrogen) atoms. The van der Waals surface area contributed by atoms with Crippen molar-refractivity contribution in [1.82, 2.24) is 9.71 Å². The predicted molar refractivity (Wildman–Crippen MR) is 77.6 cm³/mol. The van der Waals surface area contributed by atoms with Crippen LogP contribution in [0.25, 0.3) is 0 Å². The van der Waals surface area contributed by atoms with Crippen LogP contribution in [0.3, 0.4) is 0 Å². The molecule has 0 aliphatic heterocycles. The Hall–Kier alpha value is -0.660. The van der Waals surface area contributed by atoms with E-state index in [4.69, 9.17) is 5.73 Å². The molecule has 0 saturated heterocycles. The molecule has 1 heterocycles. The van der Waals surface area contributed by atoms with E-state index in [0.29, 0.717) is 29.2 Å². The van der Waals surface area contributed by atoms with E-state index < -0.39 is 10.0 Å². The molecule has 2 unspecified atom stereocenters. The number of aryl methyl sites for hydroxylation is 1. The Morgan fingerprint density at radius 1 is 1.42 bits per heavy atom. The Bertz CT molecular complexity index is 539. The molecule has 0 amide bonds. The Morgan fingerprint density at radius 2 is 2.11 bits per heavy atom. The molecule has 1 fully saturated rings. The molecule has 1 aromatic rings. The van der Waals surface area contributed by atoms with Gasteiger partial charge in [-0.05, 0) is 25.2 Å². The Morgan fingerprint density at radius 3 is 2.68 bits per heavy atom. The van der Waals surface area contributed by atoms with Crippen LogP contribution in [0.1, 0.15) is 38.3 Å². The van der Waals surface area contributed by atoms with Crippen LogP contribution in [0.5, 0.6) is 0 Å². The number of rotatable bonds is 4. The van der Waals surface area contributed by atoms with Crippen molar-refractivity contribution in [3.63, 3.8) is 0 Å². The van der Waals surface area contributed by atoms with Gasteiger partial charge in [-0.25, -0.2) is 18.1 Å². The summed E-state index contributed by atoms with van der Waals surface area (Å²) in [4.78, 5) is 3.96. The van der Waals surface area contributed by atoms with Gasteiger partial charge in [0.05, 0.1) is 5.69 Å². The molecule has 5 nitrogen and oxygen atoms in total. The third-order valence-electron chi connectivity index (χ3n) is 3.84. The number of nitrogens with one attached hydrogen (secondary N) is 1. The third-order valence-corrected chi connectivity index (χ3v) is 6.86. The molecular weight excluding hydrogens is 282 g/mol. The molecule has 0 bridgehead atoms. The monoisotopic (exact) mass is 303 g/mol. The van der Waals surface area contributed by atoms with Crippen LogP contribution in [-0.2, 0) is 10.0 Å². The molecule has 2 atom stereocenters. The first-order valence-corrected chi connectivity index (χ1v) is 8.92. The minimum Gasteiger partial charge on any atom is -0.375 e. The molecular formula is C12H21N3O2S2. The first-order valence-electron chi connectivity index (χ1n) is 6.62. The van der Waals surface area contributed by atoms with Crippen LogP contribution in [0.4, 0.5) is 5.13 Å². The lowest BCUT2D eigenvalue weighted by Gasteiger charge is -2.28. The van der Waals surface area contributed by atoms with Crippen molar-refractivity contribution in [2.24, 2.45) is 11.8 Å². The van der Waals surface area contributed by atoms with E-state index in [1.807, 2.05) is 0 Å². The Kier molecular flexibility index (Phi) is 4.47. The van der Waals surface area contributed by atoms with Gasteiger partial charge < -0.3 is 5.73 Å². The van der Waals surface area contributed by atoms with E-state index in [2.05, 4.69) is 16.6 Å². The first kappa shape index (κ1) is 14.7. The molecule has 0 radical (unpaired) electrons. The number of hydrogen-bond donors (Lipinski definition) is 2. The van der Waals surface area contributed by atoms with E-state index in [-0.39, 0.29) is 4.21 Å². The first-order chi connectivity index (χ1) is 8.90. The number of thiazole rings is 1. The molecule has 0 aromatic carbocycles. The average molecular weight is 303 g/mol. The normalized spacial score (nSPS) is 24.5. The van der Waals surface area contributed by atoms with Crippen molar-refractivity contribution in [2.45, 2.75) is 43.7 Å². The summed E-state index contributed by atoms with van der Waals surface area (Å²) in [7, 11) is -3.47. The lowest BCUT2D eigenvalue weighted by atomic mass is 9.81. The highest BCUT2D eigenvalue weighted by atomic mass is 32.2. The van der Waals surface area contributed by atoms with Gasteiger partial charge in [-0.3, -0.25) is 0 Å². The second kappa shape index (κ2) is 5.76. The van der Waals surface area contributed by atoms with Gasteiger partial charge in [-0.15, -0.1) is 0 Å². The summed E-state index contributed by atoms with van der Waals surface area (Å²) in [5.41, 5.74) is 6.03. The molecule has 1 aliphatic carbocycles. The summed E-state index contributed by atoms with van der Waals surface area (Å²) in [6, 6.07) is 0. The van der Waals surface area contributed by atoms with Crippen molar-refractivity contribution >= 4 is 26.5 Å². The minimum absolute atomic E-state index is 0.244. The van der Waals surface area contributed by atoms with E-state index in [0.717, 1.165) is 17.8 Å². The van der Waals surface area contributed by atoms with E-state index >= 15 is 0 Å². The molecule has 7 heteroatoms. The predicted octanol–water partition coefficient (Wildman–Crippen LogP) is 2.14. The van der Waals surface area contributed by atoms with Gasteiger partial charge >= 0.3 is 0 Å². The van der Waals surface area contributed by atoms with Crippen LogP contribution in [-0.4, -0.2) is 19.9 Å². The smallest absolute Gasteiger partial charge is 0.252 e. The van der Waals surface area contributed by atoms with Crippen LogP contribution in [0, 0.1) is 18.8 Å². The summed E-state index contributed by atoms with van der Waals surface area (Å²) in [6.45, 7) is 4.39. The van der Waals surface area contributed by atoms with Crippen LogP contribution in [0.2, 0.25) is 0 Å². The highest BCUT2D eigenvalue weighted by molar-refractivity contribution is 7.91. The number of nitrogens with two attached hydrogens (primary N) is 1. The van der Waals surface area contributed by atoms with Crippen molar-refractivity contribution in [2.75, 3.05) is 12.3 Å². The van der Waals surface area contributed by atoms with Gasteiger partial charge in [-0.2, -0.15) is 0 Å². The average Bonchev–Trinajstić information content (AvgIpc) is 2.68. The van der Waals surface area contributed by atoms with Gasteiger partial charge in [0.25, 0.3) is 10.0 Å². The SMILES string of the molecule is Cc1nc(N)sc1S(=O)(=O)NCC1CCCCC1C. The van der Waals surface area contributed by atoms with Gasteiger partial charge in [-0.1, -0.05) is 37.5 Å². The molecule has 1 aliphatic rings. The number of nitrogen functional groups attached to an aromatic ring is 1. The zero-order valence-electron chi connectivity index (χ0n) is 11.3. The van der Waals surface area contributed by atoms with E-state index in [9.17, 15) is 8.42 Å². The maximum absolute atomic E-state index is 12.2. The standard InChI is InChI=1S/C12H21N3O2S2/c1-8-5-3-4-6-10(8)7-14-19(16,17)11-9(2)15-12(13)18-11/h8,10,14H,3-7H2,1-2H3,(H2,13,15). The molecule has 108 valence electrons. The summed E-state index contributed by atoms with van der Waals surface area (Å²) in [5.74, 6) is 1.03. The number of hydrogen-bond acceptors (Lipinski definition) is 5. The fraction of sp³-hybridized carbons (Fsp3) is 0.750. The Balaban J connectivity index is 2.03. The van der Waals surface area contributed by atoms with E-state index in [1.165, 1.54) is 19.3 Å². The number of sulfonamides is 1. The van der Waals surface area contributed by atoms with Crippen molar-refractivity contribution in [3.8, 4) is 0 Å². The maximum Gasteiger partial charge on any atom is 0.252 e. The highest BCUT2D eigenvalue weighted by Gasteiger charge is 2.26. The second-order valence-electron chi connectivity index (χ2n) is 5.30. The quantitative estimate of drug-likeness (QED) is 0.892. The number of nitrogens with zero attached hydrogens (tertiary/aromatic N) is 1. The topological polar surface area (TPSA) is 85.1 Å². The molecule has 3 N–H and O–H groups in total. The third kappa shape index (κ3) is 3.46. The van der Waals surface area contributed by atoms with Crippen LogP contribution in [0.15, 0.2) is 4.21 Å².